The van der Waals surface area contributed by atoms with Crippen LogP contribution < -0.4 is 10.1 Å². The van der Waals surface area contributed by atoms with Gasteiger partial charge in [0.15, 0.2) is 0 Å². The molecule has 5 nitrogen and oxygen atoms in total. The first-order chi connectivity index (χ1) is 12.8. The maximum absolute atomic E-state index is 12.8. The Hall–Kier alpha value is -2.64. The zero-order valence-electron chi connectivity index (χ0n) is 14.8. The molecule has 0 unspecified atom stereocenters. The average molecular weight is 379 g/mol. The summed E-state index contributed by atoms with van der Waals surface area (Å²) < 4.78 is 44.1. The molecule has 1 aliphatic heterocycles. The summed E-state index contributed by atoms with van der Waals surface area (Å²) in [5.41, 5.74) is 0.261. The third kappa shape index (κ3) is 4.96. The van der Waals surface area contributed by atoms with Gasteiger partial charge in [-0.2, -0.15) is 13.2 Å². The van der Waals surface area contributed by atoms with E-state index in [-0.39, 0.29) is 36.3 Å². The molecule has 3 rings (SSSR count). The number of carbonyl (C=O) groups is 1. The lowest BCUT2D eigenvalue weighted by Crippen LogP contribution is -2.34. The molecule has 1 amide bonds. The van der Waals surface area contributed by atoms with E-state index in [1.165, 1.54) is 6.92 Å². The highest BCUT2D eigenvalue weighted by atomic mass is 19.4. The minimum absolute atomic E-state index is 0.0668. The lowest BCUT2D eigenvalue weighted by Gasteiger charge is -2.14. The Bertz CT molecular complexity index is 824. The molecule has 0 saturated heterocycles. The molecule has 0 radical (unpaired) electrons. The highest BCUT2D eigenvalue weighted by Crippen LogP contribution is 2.28. The second-order valence-corrected chi connectivity index (χ2v) is 6.50. The van der Waals surface area contributed by atoms with Crippen LogP contribution in [0.15, 0.2) is 30.3 Å². The van der Waals surface area contributed by atoms with Gasteiger partial charge in [-0.3, -0.25) is 4.79 Å². The van der Waals surface area contributed by atoms with Gasteiger partial charge in [-0.05, 0) is 37.5 Å². The number of hydrogen-bond donors (Lipinski definition) is 1. The number of carbonyl (C=O) groups excluding carboxylic acids is 1. The van der Waals surface area contributed by atoms with Crippen molar-refractivity contribution in [3.05, 3.63) is 53.1 Å². The smallest absolute Gasteiger partial charge is 0.433 e. The van der Waals surface area contributed by atoms with E-state index >= 15 is 0 Å². The fourth-order valence-corrected chi connectivity index (χ4v) is 3.04. The molecule has 0 aliphatic carbocycles. The van der Waals surface area contributed by atoms with Crippen molar-refractivity contribution in [1.29, 1.82) is 0 Å². The number of alkyl halides is 3. The third-order valence-corrected chi connectivity index (χ3v) is 4.37. The Balaban J connectivity index is 1.58. The van der Waals surface area contributed by atoms with Crippen LogP contribution in [0.3, 0.4) is 0 Å². The van der Waals surface area contributed by atoms with Crippen molar-refractivity contribution in [2.75, 3.05) is 13.2 Å². The number of fused-ring (bicyclic) bond motifs is 1. The molecule has 27 heavy (non-hydrogen) atoms. The minimum atomic E-state index is -4.51. The number of aromatic nitrogens is 2. The molecule has 1 aromatic carbocycles. The molecule has 2 aromatic rings. The number of rotatable bonds is 4. The number of nitrogens with one attached hydrogen (secondary N) is 1. The van der Waals surface area contributed by atoms with Gasteiger partial charge in [0.25, 0.3) is 0 Å². The van der Waals surface area contributed by atoms with Gasteiger partial charge in [-0.1, -0.05) is 18.2 Å². The lowest BCUT2D eigenvalue weighted by molar-refractivity contribution is -0.141. The van der Waals surface area contributed by atoms with Crippen LogP contribution in [-0.4, -0.2) is 29.0 Å². The summed E-state index contributed by atoms with van der Waals surface area (Å²) in [6.45, 7) is 2.12. The first-order valence-electron chi connectivity index (χ1n) is 8.73. The Morgan fingerprint density at radius 1 is 1.30 bits per heavy atom. The van der Waals surface area contributed by atoms with Crippen molar-refractivity contribution < 1.29 is 22.7 Å². The van der Waals surface area contributed by atoms with Crippen LogP contribution in [0.25, 0.3) is 0 Å². The van der Waals surface area contributed by atoms with Crippen molar-refractivity contribution in [3.8, 4) is 5.75 Å². The van der Waals surface area contributed by atoms with Gasteiger partial charge >= 0.3 is 6.18 Å². The number of amides is 1. The Labute approximate surface area is 155 Å². The molecule has 0 bridgehead atoms. The molecule has 0 spiro atoms. The summed E-state index contributed by atoms with van der Waals surface area (Å²) in [7, 11) is 0. The van der Waals surface area contributed by atoms with Gasteiger partial charge < -0.3 is 10.1 Å². The average Bonchev–Trinajstić information content (AvgIpc) is 2.83. The normalized spacial score (nSPS) is 16.8. The van der Waals surface area contributed by atoms with Crippen LogP contribution in [0.4, 0.5) is 13.2 Å². The molecule has 1 N–H and O–H groups in total. The summed E-state index contributed by atoms with van der Waals surface area (Å²) in [5.74, 6) is 0.481. The van der Waals surface area contributed by atoms with Crippen molar-refractivity contribution in [2.45, 2.75) is 32.4 Å². The molecule has 2 heterocycles. The number of nitrogens with zero attached hydrogens (tertiary/aromatic N) is 2. The molecule has 0 saturated carbocycles. The SMILES string of the molecule is Cc1cc(C(F)(F)F)nc(CCNC(=O)[C@@H]2CCOc3ccccc3C2)n1. The zero-order valence-corrected chi connectivity index (χ0v) is 14.8. The first-order valence-corrected chi connectivity index (χ1v) is 8.73. The van der Waals surface area contributed by atoms with Gasteiger partial charge in [0.1, 0.15) is 17.3 Å². The summed E-state index contributed by atoms with van der Waals surface area (Å²) >= 11 is 0. The molecule has 1 aromatic heterocycles. The standard InChI is InChI=1S/C19H20F3N3O2/c1-12-10-16(19(20,21)22)25-17(24-12)6-8-23-18(26)14-7-9-27-15-5-3-2-4-13(15)11-14/h2-5,10,14H,6-9,11H2,1H3,(H,23,26)/t14-/m1/s1. The molecular weight excluding hydrogens is 359 g/mol. The maximum Gasteiger partial charge on any atom is 0.433 e. The molecule has 0 fully saturated rings. The molecular formula is C19H20F3N3O2. The Morgan fingerprint density at radius 3 is 2.85 bits per heavy atom. The largest absolute Gasteiger partial charge is 0.493 e. The van der Waals surface area contributed by atoms with E-state index in [0.717, 1.165) is 17.4 Å². The number of hydrogen-bond acceptors (Lipinski definition) is 4. The van der Waals surface area contributed by atoms with Gasteiger partial charge in [-0.15, -0.1) is 0 Å². The van der Waals surface area contributed by atoms with Crippen LogP contribution in [0, 0.1) is 12.8 Å². The van der Waals surface area contributed by atoms with Crippen molar-refractivity contribution in [2.24, 2.45) is 5.92 Å². The third-order valence-electron chi connectivity index (χ3n) is 4.37. The number of benzene rings is 1. The lowest BCUT2D eigenvalue weighted by atomic mass is 9.96. The van der Waals surface area contributed by atoms with E-state index in [2.05, 4.69) is 15.3 Å². The maximum atomic E-state index is 12.8. The van der Waals surface area contributed by atoms with Crippen LogP contribution in [-0.2, 0) is 23.8 Å². The molecule has 1 atom stereocenters. The predicted octanol–water partition coefficient (Wildman–Crippen LogP) is 3.10. The number of para-hydroxylation sites is 1. The van der Waals surface area contributed by atoms with E-state index in [1.54, 1.807) is 0 Å². The number of aryl methyl sites for hydroxylation is 1. The summed E-state index contributed by atoms with van der Waals surface area (Å²) in [6, 6.07) is 8.50. The second-order valence-electron chi connectivity index (χ2n) is 6.50. The van der Waals surface area contributed by atoms with Gasteiger partial charge in [0.2, 0.25) is 5.91 Å². The fourth-order valence-electron chi connectivity index (χ4n) is 3.04. The van der Waals surface area contributed by atoms with E-state index in [1.807, 2.05) is 24.3 Å². The Morgan fingerprint density at radius 2 is 2.07 bits per heavy atom. The quantitative estimate of drug-likeness (QED) is 0.887. The van der Waals surface area contributed by atoms with Crippen LogP contribution in [0.5, 0.6) is 5.75 Å². The highest BCUT2D eigenvalue weighted by Gasteiger charge is 2.33. The summed E-state index contributed by atoms with van der Waals surface area (Å²) in [6.07, 6.45) is -3.23. The van der Waals surface area contributed by atoms with Gasteiger partial charge in [-0.25, -0.2) is 9.97 Å². The Kier molecular flexibility index (Phi) is 5.62. The summed E-state index contributed by atoms with van der Waals surface area (Å²) in [5, 5.41) is 2.78. The van der Waals surface area contributed by atoms with Gasteiger partial charge in [0.05, 0.1) is 6.61 Å². The predicted molar refractivity (Wildman–Crippen MR) is 92.2 cm³/mol. The summed E-state index contributed by atoms with van der Waals surface area (Å²) in [4.78, 5) is 20.0. The number of ether oxygens (including phenoxy) is 1. The van der Waals surface area contributed by atoms with Crippen molar-refractivity contribution >= 4 is 5.91 Å². The monoisotopic (exact) mass is 379 g/mol. The zero-order chi connectivity index (χ0) is 19.4. The van der Waals surface area contributed by atoms with Crippen LogP contribution in [0.1, 0.15) is 29.2 Å². The fraction of sp³-hybridized carbons (Fsp3) is 0.421. The molecule has 8 heteroatoms. The molecule has 1 aliphatic rings. The van der Waals surface area contributed by atoms with E-state index in [9.17, 15) is 18.0 Å². The van der Waals surface area contributed by atoms with E-state index in [0.29, 0.717) is 19.4 Å². The van der Waals surface area contributed by atoms with Gasteiger partial charge in [0, 0.05) is 24.6 Å². The topological polar surface area (TPSA) is 64.1 Å². The molecule has 144 valence electrons. The van der Waals surface area contributed by atoms with Crippen molar-refractivity contribution in [1.82, 2.24) is 15.3 Å². The van der Waals surface area contributed by atoms with Crippen LogP contribution in [0.2, 0.25) is 0 Å². The van der Waals surface area contributed by atoms with Crippen molar-refractivity contribution in [3.63, 3.8) is 0 Å². The van der Waals surface area contributed by atoms with E-state index in [4.69, 9.17) is 4.74 Å². The second kappa shape index (κ2) is 7.94. The van der Waals surface area contributed by atoms with Crippen LogP contribution >= 0.6 is 0 Å². The van der Waals surface area contributed by atoms with E-state index < -0.39 is 11.9 Å². The first kappa shape index (κ1) is 19.1. The highest BCUT2D eigenvalue weighted by molar-refractivity contribution is 5.79. The minimum Gasteiger partial charge on any atom is -0.493 e. The number of halogens is 3.